The van der Waals surface area contributed by atoms with Gasteiger partial charge in [0.05, 0.1) is 23.9 Å². The van der Waals surface area contributed by atoms with Crippen molar-refractivity contribution in [2.45, 2.75) is 46.3 Å². The molecule has 1 unspecified atom stereocenters. The largest absolute Gasteiger partial charge is 0.491 e. The van der Waals surface area contributed by atoms with Crippen molar-refractivity contribution in [2.24, 2.45) is 0 Å². The number of carboxylic acid groups (broad SMARTS) is 1. The van der Waals surface area contributed by atoms with Gasteiger partial charge in [0.25, 0.3) is 5.91 Å². The van der Waals surface area contributed by atoms with Gasteiger partial charge in [-0.3, -0.25) is 9.59 Å². The Balaban J connectivity index is 2.14. The van der Waals surface area contributed by atoms with Crippen LogP contribution in [0.1, 0.15) is 43.4 Å². The second-order valence-electron chi connectivity index (χ2n) is 6.07. The Morgan fingerprint density at radius 2 is 1.88 bits per heavy atom. The van der Waals surface area contributed by atoms with Gasteiger partial charge in [0.2, 0.25) is 0 Å². The molecule has 1 amide bonds. The second-order valence-corrected chi connectivity index (χ2v) is 6.07. The van der Waals surface area contributed by atoms with E-state index < -0.39 is 17.9 Å². The van der Waals surface area contributed by atoms with Crippen LogP contribution < -0.4 is 10.1 Å². The summed E-state index contributed by atoms with van der Waals surface area (Å²) in [5.74, 6) is -0.675. The van der Waals surface area contributed by atoms with Crippen molar-refractivity contribution in [3.8, 4) is 11.4 Å². The van der Waals surface area contributed by atoms with Crippen molar-refractivity contribution in [1.29, 1.82) is 0 Å². The minimum absolute atomic E-state index is 0.0852. The second kappa shape index (κ2) is 7.78. The SMILES string of the molecule is Cc1c(C(=O)NC(C)CC(=O)O)nnn1-c1ccc(OC(C)C)cc1. The summed E-state index contributed by atoms with van der Waals surface area (Å²) in [5.41, 5.74) is 1.48. The highest BCUT2D eigenvalue weighted by Crippen LogP contribution is 2.18. The molecule has 0 aliphatic heterocycles. The van der Waals surface area contributed by atoms with E-state index in [9.17, 15) is 9.59 Å². The van der Waals surface area contributed by atoms with Gasteiger partial charge in [-0.1, -0.05) is 5.21 Å². The molecular weight excluding hydrogens is 324 g/mol. The standard InChI is InChI=1S/C17H22N4O4/c1-10(2)25-14-7-5-13(6-8-14)21-12(4)16(19-20-21)17(24)18-11(3)9-15(22)23/h5-8,10-11H,9H2,1-4H3,(H,18,24)(H,22,23). The van der Waals surface area contributed by atoms with E-state index in [1.165, 1.54) is 0 Å². The summed E-state index contributed by atoms with van der Waals surface area (Å²) in [5, 5.41) is 19.3. The average molecular weight is 346 g/mol. The number of ether oxygens (including phenoxy) is 1. The third-order valence-corrected chi connectivity index (χ3v) is 3.42. The van der Waals surface area contributed by atoms with E-state index in [0.717, 1.165) is 11.4 Å². The predicted molar refractivity (Wildman–Crippen MR) is 91.0 cm³/mol. The van der Waals surface area contributed by atoms with Crippen LogP contribution in [0.4, 0.5) is 0 Å². The van der Waals surface area contributed by atoms with Crippen LogP contribution in [-0.2, 0) is 4.79 Å². The Morgan fingerprint density at radius 3 is 2.44 bits per heavy atom. The van der Waals surface area contributed by atoms with Crippen molar-refractivity contribution in [3.05, 3.63) is 35.7 Å². The van der Waals surface area contributed by atoms with Crippen molar-refractivity contribution in [2.75, 3.05) is 0 Å². The van der Waals surface area contributed by atoms with Crippen LogP contribution in [0.3, 0.4) is 0 Å². The van der Waals surface area contributed by atoms with E-state index in [0.29, 0.717) is 5.69 Å². The molecule has 0 aliphatic rings. The van der Waals surface area contributed by atoms with Crippen molar-refractivity contribution in [3.63, 3.8) is 0 Å². The molecule has 1 aromatic heterocycles. The highest BCUT2D eigenvalue weighted by molar-refractivity contribution is 5.93. The monoisotopic (exact) mass is 346 g/mol. The minimum atomic E-state index is -0.975. The molecule has 8 nitrogen and oxygen atoms in total. The molecule has 134 valence electrons. The smallest absolute Gasteiger partial charge is 0.305 e. The molecule has 0 bridgehead atoms. The molecule has 8 heteroatoms. The summed E-state index contributed by atoms with van der Waals surface area (Å²) in [4.78, 5) is 22.9. The molecular formula is C17H22N4O4. The number of carboxylic acids is 1. The fraction of sp³-hybridized carbons (Fsp3) is 0.412. The number of nitrogens with one attached hydrogen (secondary N) is 1. The lowest BCUT2D eigenvalue weighted by molar-refractivity contribution is -0.137. The Morgan fingerprint density at radius 1 is 1.24 bits per heavy atom. The van der Waals surface area contributed by atoms with Gasteiger partial charge in [0, 0.05) is 6.04 Å². The molecule has 0 saturated heterocycles. The molecule has 1 aromatic carbocycles. The molecule has 25 heavy (non-hydrogen) atoms. The first-order valence-corrected chi connectivity index (χ1v) is 8.00. The molecule has 0 saturated carbocycles. The molecule has 0 fully saturated rings. The minimum Gasteiger partial charge on any atom is -0.491 e. The molecule has 2 rings (SSSR count). The van der Waals surface area contributed by atoms with Crippen LogP contribution in [0.15, 0.2) is 24.3 Å². The fourth-order valence-corrected chi connectivity index (χ4v) is 2.33. The summed E-state index contributed by atoms with van der Waals surface area (Å²) in [7, 11) is 0. The van der Waals surface area contributed by atoms with Gasteiger partial charge in [0.15, 0.2) is 5.69 Å². The van der Waals surface area contributed by atoms with Crippen LogP contribution in [0.25, 0.3) is 5.69 Å². The van der Waals surface area contributed by atoms with Gasteiger partial charge < -0.3 is 15.2 Å². The first kappa shape index (κ1) is 18.4. The van der Waals surface area contributed by atoms with Crippen molar-refractivity contribution < 1.29 is 19.4 Å². The quantitative estimate of drug-likeness (QED) is 0.794. The summed E-state index contributed by atoms with van der Waals surface area (Å²) in [6.07, 6.45) is -0.0713. The number of amides is 1. The average Bonchev–Trinajstić information content (AvgIpc) is 2.88. The van der Waals surface area contributed by atoms with Crippen LogP contribution in [-0.4, -0.2) is 44.1 Å². The maximum absolute atomic E-state index is 12.2. The van der Waals surface area contributed by atoms with Crippen LogP contribution in [0, 0.1) is 6.92 Å². The van der Waals surface area contributed by atoms with E-state index in [1.807, 2.05) is 38.1 Å². The van der Waals surface area contributed by atoms with Gasteiger partial charge in [-0.25, -0.2) is 4.68 Å². The zero-order valence-corrected chi connectivity index (χ0v) is 14.7. The Hall–Kier alpha value is -2.90. The van der Waals surface area contributed by atoms with E-state index in [2.05, 4.69) is 15.6 Å². The molecule has 2 aromatic rings. The number of benzene rings is 1. The zero-order valence-electron chi connectivity index (χ0n) is 14.7. The molecule has 1 heterocycles. The lowest BCUT2D eigenvalue weighted by atomic mass is 10.2. The number of carbonyl (C=O) groups excluding carboxylic acids is 1. The third-order valence-electron chi connectivity index (χ3n) is 3.42. The first-order valence-electron chi connectivity index (χ1n) is 8.00. The van der Waals surface area contributed by atoms with Crippen LogP contribution in [0.2, 0.25) is 0 Å². The molecule has 2 N–H and O–H groups in total. The summed E-state index contributed by atoms with van der Waals surface area (Å²) in [6.45, 7) is 7.26. The Kier molecular flexibility index (Phi) is 5.74. The first-order chi connectivity index (χ1) is 11.8. The normalized spacial score (nSPS) is 12.0. The van der Waals surface area contributed by atoms with E-state index in [1.54, 1.807) is 18.5 Å². The number of rotatable bonds is 7. The fourth-order valence-electron chi connectivity index (χ4n) is 2.33. The number of nitrogens with zero attached hydrogens (tertiary/aromatic N) is 3. The number of hydrogen-bond donors (Lipinski definition) is 2. The number of carbonyl (C=O) groups is 2. The third kappa shape index (κ3) is 4.79. The van der Waals surface area contributed by atoms with Gasteiger partial charge in [-0.2, -0.15) is 0 Å². The van der Waals surface area contributed by atoms with Gasteiger partial charge in [0.1, 0.15) is 5.75 Å². The summed E-state index contributed by atoms with van der Waals surface area (Å²) >= 11 is 0. The number of hydrogen-bond acceptors (Lipinski definition) is 5. The molecule has 1 atom stereocenters. The highest BCUT2D eigenvalue weighted by atomic mass is 16.5. The lowest BCUT2D eigenvalue weighted by Gasteiger charge is -2.11. The van der Waals surface area contributed by atoms with Crippen molar-refractivity contribution in [1.82, 2.24) is 20.3 Å². The molecule has 0 radical (unpaired) electrons. The van der Waals surface area contributed by atoms with E-state index >= 15 is 0 Å². The molecule has 0 spiro atoms. The van der Waals surface area contributed by atoms with Gasteiger partial charge in [-0.05, 0) is 52.0 Å². The topological polar surface area (TPSA) is 106 Å². The lowest BCUT2D eigenvalue weighted by Crippen LogP contribution is -2.34. The maximum atomic E-state index is 12.2. The maximum Gasteiger partial charge on any atom is 0.305 e. The summed E-state index contributed by atoms with van der Waals surface area (Å²) in [6, 6.07) is 6.81. The van der Waals surface area contributed by atoms with E-state index in [-0.39, 0.29) is 18.2 Å². The highest BCUT2D eigenvalue weighted by Gasteiger charge is 2.20. The Labute approximate surface area is 145 Å². The molecule has 0 aliphatic carbocycles. The van der Waals surface area contributed by atoms with Gasteiger partial charge >= 0.3 is 5.97 Å². The van der Waals surface area contributed by atoms with E-state index in [4.69, 9.17) is 9.84 Å². The van der Waals surface area contributed by atoms with Gasteiger partial charge in [-0.15, -0.1) is 5.10 Å². The number of aliphatic carboxylic acids is 1. The zero-order chi connectivity index (χ0) is 18.6. The van der Waals surface area contributed by atoms with Crippen molar-refractivity contribution >= 4 is 11.9 Å². The van der Waals surface area contributed by atoms with Crippen LogP contribution in [0.5, 0.6) is 5.75 Å². The Bertz CT molecular complexity index is 753. The van der Waals surface area contributed by atoms with Crippen LogP contribution >= 0.6 is 0 Å². The summed E-state index contributed by atoms with van der Waals surface area (Å²) < 4.78 is 7.15. The number of aromatic nitrogens is 3. The predicted octanol–water partition coefficient (Wildman–Crippen LogP) is 1.96.